The van der Waals surface area contributed by atoms with Crippen LogP contribution >= 0.6 is 0 Å². The van der Waals surface area contributed by atoms with Crippen molar-refractivity contribution in [3.05, 3.63) is 23.8 Å². The number of carbonyl (C=O) groups excluding carboxylic acids is 1. The SMILES string of the molecule is O=C(O)c1ccc(NC(=O)C2CCC(F)(F)CC2)c(O)c1. The van der Waals surface area contributed by atoms with Crippen LogP contribution in [-0.4, -0.2) is 28.0 Å². The fourth-order valence-corrected chi connectivity index (χ4v) is 2.31. The Morgan fingerprint density at radius 3 is 2.38 bits per heavy atom. The number of rotatable bonds is 3. The minimum absolute atomic E-state index is 0.0716. The Morgan fingerprint density at radius 2 is 1.86 bits per heavy atom. The summed E-state index contributed by atoms with van der Waals surface area (Å²) in [5.41, 5.74) is -0.0369. The molecule has 0 aromatic heterocycles. The number of aromatic carboxylic acids is 1. The highest BCUT2D eigenvalue weighted by molar-refractivity contribution is 5.95. The summed E-state index contributed by atoms with van der Waals surface area (Å²) in [4.78, 5) is 22.7. The number of carboxylic acid groups (broad SMARTS) is 1. The van der Waals surface area contributed by atoms with Crippen molar-refractivity contribution >= 4 is 17.6 Å². The number of phenolic OH excluding ortho intramolecular Hbond substituents is 1. The van der Waals surface area contributed by atoms with Crippen LogP contribution in [0.3, 0.4) is 0 Å². The molecular formula is C14H15F2NO4. The zero-order valence-electron chi connectivity index (χ0n) is 11.1. The fourth-order valence-electron chi connectivity index (χ4n) is 2.31. The predicted molar refractivity (Wildman–Crippen MR) is 70.6 cm³/mol. The first-order chi connectivity index (χ1) is 9.78. The Kier molecular flexibility index (Phi) is 4.11. The Labute approximate surface area is 119 Å². The van der Waals surface area contributed by atoms with Crippen molar-refractivity contribution in [1.29, 1.82) is 0 Å². The molecule has 114 valence electrons. The molecule has 0 radical (unpaired) electrons. The fraction of sp³-hybridized carbons (Fsp3) is 0.429. The van der Waals surface area contributed by atoms with Gasteiger partial charge in [-0.25, -0.2) is 13.6 Å². The average Bonchev–Trinajstić information content (AvgIpc) is 2.40. The summed E-state index contributed by atoms with van der Waals surface area (Å²) in [6.45, 7) is 0. The second-order valence-electron chi connectivity index (χ2n) is 5.16. The molecule has 0 unspecified atom stereocenters. The molecule has 0 heterocycles. The second-order valence-corrected chi connectivity index (χ2v) is 5.16. The molecular weight excluding hydrogens is 284 g/mol. The molecule has 1 aromatic rings. The molecule has 7 heteroatoms. The summed E-state index contributed by atoms with van der Waals surface area (Å²) in [5.74, 6) is -5.24. The van der Waals surface area contributed by atoms with Gasteiger partial charge in [0.25, 0.3) is 0 Å². The number of hydrogen-bond donors (Lipinski definition) is 3. The van der Waals surface area contributed by atoms with E-state index in [1.165, 1.54) is 12.1 Å². The number of benzene rings is 1. The third kappa shape index (κ3) is 3.68. The first kappa shape index (κ1) is 15.2. The lowest BCUT2D eigenvalue weighted by Crippen LogP contribution is -2.31. The third-order valence-electron chi connectivity index (χ3n) is 3.59. The van der Waals surface area contributed by atoms with E-state index in [0.717, 1.165) is 6.07 Å². The number of carbonyl (C=O) groups is 2. The van der Waals surface area contributed by atoms with Crippen molar-refractivity contribution < 1.29 is 28.6 Å². The number of aromatic hydroxyl groups is 1. The number of anilines is 1. The van der Waals surface area contributed by atoms with E-state index in [-0.39, 0.29) is 42.7 Å². The van der Waals surface area contributed by atoms with E-state index >= 15 is 0 Å². The van der Waals surface area contributed by atoms with Gasteiger partial charge in [-0.1, -0.05) is 0 Å². The lowest BCUT2D eigenvalue weighted by molar-refractivity contribution is -0.124. The largest absolute Gasteiger partial charge is 0.506 e. The van der Waals surface area contributed by atoms with Crippen LogP contribution in [0.2, 0.25) is 0 Å². The van der Waals surface area contributed by atoms with Gasteiger partial charge < -0.3 is 15.5 Å². The lowest BCUT2D eigenvalue weighted by Gasteiger charge is -2.27. The molecule has 0 bridgehead atoms. The van der Waals surface area contributed by atoms with Crippen LogP contribution in [0, 0.1) is 5.92 Å². The smallest absolute Gasteiger partial charge is 0.335 e. The van der Waals surface area contributed by atoms with Gasteiger partial charge in [-0.05, 0) is 31.0 Å². The number of nitrogens with one attached hydrogen (secondary N) is 1. The minimum atomic E-state index is -2.71. The van der Waals surface area contributed by atoms with Crippen molar-refractivity contribution in [2.75, 3.05) is 5.32 Å². The topological polar surface area (TPSA) is 86.6 Å². The van der Waals surface area contributed by atoms with Gasteiger partial charge in [0.05, 0.1) is 11.3 Å². The number of phenols is 1. The minimum Gasteiger partial charge on any atom is -0.506 e. The number of carboxylic acids is 1. The van der Waals surface area contributed by atoms with Gasteiger partial charge in [0.1, 0.15) is 5.75 Å². The van der Waals surface area contributed by atoms with E-state index in [0.29, 0.717) is 0 Å². The molecule has 21 heavy (non-hydrogen) atoms. The zero-order chi connectivity index (χ0) is 15.6. The van der Waals surface area contributed by atoms with Crippen LogP contribution in [0.25, 0.3) is 0 Å². The quantitative estimate of drug-likeness (QED) is 0.749. The molecule has 1 fully saturated rings. The zero-order valence-corrected chi connectivity index (χ0v) is 11.1. The van der Waals surface area contributed by atoms with Crippen LogP contribution in [0.4, 0.5) is 14.5 Å². The number of halogens is 2. The van der Waals surface area contributed by atoms with E-state index < -0.39 is 23.7 Å². The van der Waals surface area contributed by atoms with Gasteiger partial charge in [-0.2, -0.15) is 0 Å². The van der Waals surface area contributed by atoms with Crippen molar-refractivity contribution in [2.24, 2.45) is 5.92 Å². The Hall–Kier alpha value is -2.18. The molecule has 0 saturated heterocycles. The molecule has 1 aromatic carbocycles. The van der Waals surface area contributed by atoms with Crippen LogP contribution in [-0.2, 0) is 4.79 Å². The van der Waals surface area contributed by atoms with Crippen LogP contribution < -0.4 is 5.32 Å². The molecule has 1 aliphatic rings. The summed E-state index contributed by atoms with van der Waals surface area (Å²) >= 11 is 0. The predicted octanol–water partition coefficient (Wildman–Crippen LogP) is 2.85. The van der Waals surface area contributed by atoms with Gasteiger partial charge in [0.2, 0.25) is 11.8 Å². The molecule has 3 N–H and O–H groups in total. The van der Waals surface area contributed by atoms with Gasteiger partial charge in [-0.15, -0.1) is 0 Å². The summed E-state index contributed by atoms with van der Waals surface area (Å²) in [6.07, 6.45) is -0.469. The molecule has 1 amide bonds. The van der Waals surface area contributed by atoms with E-state index in [1.807, 2.05) is 0 Å². The Morgan fingerprint density at radius 1 is 1.24 bits per heavy atom. The monoisotopic (exact) mass is 299 g/mol. The number of hydrogen-bond acceptors (Lipinski definition) is 3. The average molecular weight is 299 g/mol. The highest BCUT2D eigenvalue weighted by Gasteiger charge is 2.37. The maximum absolute atomic E-state index is 13.0. The van der Waals surface area contributed by atoms with Gasteiger partial charge in [0, 0.05) is 18.8 Å². The Bertz CT molecular complexity index is 564. The highest BCUT2D eigenvalue weighted by atomic mass is 19.3. The van der Waals surface area contributed by atoms with Gasteiger partial charge in [-0.3, -0.25) is 4.79 Å². The molecule has 0 atom stereocenters. The molecule has 0 spiro atoms. The second kappa shape index (κ2) is 5.67. The molecule has 2 rings (SSSR count). The van der Waals surface area contributed by atoms with Crippen LogP contribution in [0.1, 0.15) is 36.0 Å². The van der Waals surface area contributed by atoms with E-state index in [1.54, 1.807) is 0 Å². The number of amides is 1. The van der Waals surface area contributed by atoms with E-state index in [9.17, 15) is 23.5 Å². The molecule has 5 nitrogen and oxygen atoms in total. The first-order valence-corrected chi connectivity index (χ1v) is 6.53. The van der Waals surface area contributed by atoms with Crippen LogP contribution in [0.5, 0.6) is 5.75 Å². The number of alkyl halides is 2. The maximum atomic E-state index is 13.0. The van der Waals surface area contributed by atoms with Crippen molar-refractivity contribution in [1.82, 2.24) is 0 Å². The maximum Gasteiger partial charge on any atom is 0.335 e. The van der Waals surface area contributed by atoms with Crippen molar-refractivity contribution in [3.63, 3.8) is 0 Å². The summed E-state index contributed by atoms with van der Waals surface area (Å²) in [6, 6.07) is 3.54. The standard InChI is InChI=1S/C14H15F2NO4/c15-14(16)5-3-8(4-6-14)12(19)17-10-2-1-9(13(20)21)7-11(10)18/h1-2,7-8,18H,3-6H2,(H,17,19)(H,20,21). The highest BCUT2D eigenvalue weighted by Crippen LogP contribution is 2.37. The summed E-state index contributed by atoms with van der Waals surface area (Å²) in [7, 11) is 0. The summed E-state index contributed by atoms with van der Waals surface area (Å²) < 4.78 is 26.0. The van der Waals surface area contributed by atoms with Gasteiger partial charge >= 0.3 is 5.97 Å². The van der Waals surface area contributed by atoms with Crippen molar-refractivity contribution in [3.8, 4) is 5.75 Å². The van der Waals surface area contributed by atoms with Crippen LogP contribution in [0.15, 0.2) is 18.2 Å². The third-order valence-corrected chi connectivity index (χ3v) is 3.59. The van der Waals surface area contributed by atoms with Gasteiger partial charge in [0.15, 0.2) is 0 Å². The molecule has 0 aliphatic heterocycles. The van der Waals surface area contributed by atoms with E-state index in [4.69, 9.17) is 5.11 Å². The molecule has 1 saturated carbocycles. The summed E-state index contributed by atoms with van der Waals surface area (Å²) in [5, 5.41) is 20.9. The van der Waals surface area contributed by atoms with E-state index in [2.05, 4.69) is 5.32 Å². The molecule has 1 aliphatic carbocycles. The first-order valence-electron chi connectivity index (χ1n) is 6.53. The normalized spacial score (nSPS) is 18.2. The Balaban J connectivity index is 2.02. The lowest BCUT2D eigenvalue weighted by atomic mass is 9.86. The van der Waals surface area contributed by atoms with Crippen molar-refractivity contribution in [2.45, 2.75) is 31.6 Å².